The molecule has 0 aliphatic heterocycles. The molecule has 0 bridgehead atoms. The summed E-state index contributed by atoms with van der Waals surface area (Å²) in [5, 5.41) is 24.9. The van der Waals surface area contributed by atoms with Gasteiger partial charge in [-0.3, -0.25) is 19.2 Å². The fourth-order valence-corrected chi connectivity index (χ4v) is 9.18. The van der Waals surface area contributed by atoms with Gasteiger partial charge in [0.15, 0.2) is 23.6 Å². The summed E-state index contributed by atoms with van der Waals surface area (Å²) in [7, 11) is 0. The number of fused-ring (bicyclic) bond motifs is 3. The van der Waals surface area contributed by atoms with Gasteiger partial charge in [-0.2, -0.15) is 0 Å². The summed E-state index contributed by atoms with van der Waals surface area (Å²) in [5.41, 5.74) is -8.24. The van der Waals surface area contributed by atoms with Crippen molar-refractivity contribution in [3.8, 4) is 0 Å². The van der Waals surface area contributed by atoms with E-state index < -0.39 is 119 Å². The highest BCUT2D eigenvalue weighted by Gasteiger charge is 2.80. The predicted molar refractivity (Wildman–Crippen MR) is 182 cm³/mol. The molecule has 0 saturated heterocycles. The number of esters is 5. The minimum absolute atomic E-state index is 0.0387. The van der Waals surface area contributed by atoms with E-state index in [0.29, 0.717) is 6.29 Å². The Morgan fingerprint density at radius 2 is 1.26 bits per heavy atom. The zero-order chi connectivity index (χ0) is 39.1. The van der Waals surface area contributed by atoms with Crippen molar-refractivity contribution in [2.24, 2.45) is 28.1 Å². The molecule has 2 unspecified atom stereocenters. The molecule has 2 N–H and O–H groups in total. The maximum atomic E-state index is 14.7. The van der Waals surface area contributed by atoms with Crippen LogP contribution in [0.2, 0.25) is 0 Å². The molecule has 3 aliphatic rings. The maximum Gasteiger partial charge on any atom is 0.338 e. The van der Waals surface area contributed by atoms with E-state index in [1.807, 2.05) is 0 Å². The lowest BCUT2D eigenvalue weighted by molar-refractivity contribution is -0.325. The third kappa shape index (κ3) is 6.63. The van der Waals surface area contributed by atoms with Crippen LogP contribution in [-0.4, -0.2) is 94.9 Å². The summed E-state index contributed by atoms with van der Waals surface area (Å²) in [6.07, 6.45) is -8.79. The summed E-state index contributed by atoms with van der Waals surface area (Å²) < 4.78 is 29.6. The van der Waals surface area contributed by atoms with E-state index in [1.54, 1.807) is 50.2 Å². The number of aldehydes is 1. The fourth-order valence-electron chi connectivity index (χ4n) is 9.18. The zero-order valence-corrected chi connectivity index (χ0v) is 30.3. The largest absolute Gasteiger partial charge is 0.459 e. The van der Waals surface area contributed by atoms with Crippen LogP contribution in [0.15, 0.2) is 60.7 Å². The van der Waals surface area contributed by atoms with Crippen molar-refractivity contribution in [3.63, 3.8) is 0 Å². The average molecular weight is 737 g/mol. The lowest BCUT2D eigenvalue weighted by Gasteiger charge is -2.69. The summed E-state index contributed by atoms with van der Waals surface area (Å²) in [6, 6.07) is 15.4. The summed E-state index contributed by atoms with van der Waals surface area (Å²) in [6.45, 7) is 6.76. The second-order valence-electron chi connectivity index (χ2n) is 15.0. The highest BCUT2D eigenvalue weighted by Crippen LogP contribution is 2.67. The van der Waals surface area contributed by atoms with Gasteiger partial charge in [0.05, 0.1) is 23.1 Å². The highest BCUT2D eigenvalue weighted by molar-refractivity contribution is 6.05. The topological polar surface area (TPSA) is 206 Å². The third-order valence-electron chi connectivity index (χ3n) is 11.2. The number of hydrogen-bond donors (Lipinski definition) is 2. The minimum atomic E-state index is -2.87. The molecule has 3 aliphatic carbocycles. The molecule has 284 valence electrons. The van der Waals surface area contributed by atoms with Crippen LogP contribution in [0.1, 0.15) is 75.1 Å². The molecule has 0 heterocycles. The van der Waals surface area contributed by atoms with Gasteiger partial charge >= 0.3 is 29.8 Å². The highest BCUT2D eigenvalue weighted by atomic mass is 16.6. The number of benzene rings is 2. The molecule has 5 rings (SSSR count). The number of hydrogen-bond acceptors (Lipinski definition) is 14. The van der Waals surface area contributed by atoms with E-state index in [9.17, 15) is 43.8 Å². The Hall–Kier alpha value is -4.95. The molecule has 53 heavy (non-hydrogen) atoms. The third-order valence-corrected chi connectivity index (χ3v) is 11.2. The van der Waals surface area contributed by atoms with Crippen molar-refractivity contribution in [2.45, 2.75) is 90.5 Å². The number of ketones is 1. The van der Waals surface area contributed by atoms with Gasteiger partial charge in [-0.1, -0.05) is 50.2 Å². The number of carbonyl (C=O) groups is 7. The van der Waals surface area contributed by atoms with Crippen molar-refractivity contribution in [1.29, 1.82) is 0 Å². The van der Waals surface area contributed by atoms with E-state index in [2.05, 4.69) is 0 Å². The van der Waals surface area contributed by atoms with E-state index in [1.165, 1.54) is 31.2 Å². The van der Waals surface area contributed by atoms with Crippen LogP contribution in [0, 0.1) is 28.1 Å². The number of aliphatic hydroxyl groups is 2. The van der Waals surface area contributed by atoms with E-state index in [-0.39, 0.29) is 11.1 Å². The van der Waals surface area contributed by atoms with Crippen molar-refractivity contribution in [3.05, 3.63) is 71.8 Å². The zero-order valence-electron chi connectivity index (χ0n) is 30.3. The molecule has 2 aromatic carbocycles. The number of ether oxygens (including phenoxy) is 5. The van der Waals surface area contributed by atoms with Gasteiger partial charge in [-0.15, -0.1) is 0 Å². The van der Waals surface area contributed by atoms with Crippen LogP contribution in [0.5, 0.6) is 0 Å². The van der Waals surface area contributed by atoms with Gasteiger partial charge in [-0.25, -0.2) is 9.59 Å². The van der Waals surface area contributed by atoms with Crippen LogP contribution >= 0.6 is 0 Å². The van der Waals surface area contributed by atoms with Gasteiger partial charge in [0.25, 0.3) is 0 Å². The Labute approximate surface area is 306 Å². The van der Waals surface area contributed by atoms with Gasteiger partial charge in [-0.05, 0) is 43.5 Å². The first-order valence-corrected chi connectivity index (χ1v) is 17.3. The summed E-state index contributed by atoms with van der Waals surface area (Å²) in [4.78, 5) is 93.4. The molecule has 3 fully saturated rings. The Morgan fingerprint density at radius 3 is 1.74 bits per heavy atom. The number of rotatable bonds is 9. The summed E-state index contributed by atoms with van der Waals surface area (Å²) >= 11 is 0. The molecule has 0 radical (unpaired) electrons. The van der Waals surface area contributed by atoms with Gasteiger partial charge < -0.3 is 38.7 Å². The number of carbonyl (C=O) groups excluding carboxylic acids is 7. The fraction of sp³-hybridized carbons (Fsp3) is 0.513. The van der Waals surface area contributed by atoms with Gasteiger partial charge in [0, 0.05) is 43.9 Å². The van der Waals surface area contributed by atoms with Crippen LogP contribution in [0.4, 0.5) is 0 Å². The first-order valence-electron chi connectivity index (χ1n) is 17.3. The molecule has 0 spiro atoms. The Balaban J connectivity index is 1.86. The summed E-state index contributed by atoms with van der Waals surface area (Å²) in [5.74, 6) is -8.46. The molecular formula is C39H44O14. The normalized spacial score (nSPS) is 34.3. The Morgan fingerprint density at radius 1 is 0.755 bits per heavy atom. The average Bonchev–Trinajstić information content (AvgIpc) is 3.11. The standard InChI is InChI=1S/C39H44O14/c1-21(42)49-28-17-27-36(4,5)31(51-23(3)44)29(50-22(2)43)32(53-34(46)25-15-11-8-12-16-25)38(27,20-41)30-26(52-33(45)24-13-9-7-10-14-24)18-37(6,19-40)35(47)39(28,30)48/h7-16,19,26-32,41,48H,17-18,20H2,1-6H3/t26-,27?,28-,29+,30?,31-,32+,37-,38+,39+/m1/s1. The van der Waals surface area contributed by atoms with Crippen molar-refractivity contribution in [1.82, 2.24) is 0 Å². The van der Waals surface area contributed by atoms with Crippen LogP contribution < -0.4 is 0 Å². The van der Waals surface area contributed by atoms with Crippen LogP contribution in [0.25, 0.3) is 0 Å². The molecule has 14 nitrogen and oxygen atoms in total. The van der Waals surface area contributed by atoms with E-state index in [0.717, 1.165) is 20.8 Å². The Bertz CT molecular complexity index is 1770. The Kier molecular flexibility index (Phi) is 10.7. The molecular weight excluding hydrogens is 692 g/mol. The maximum absolute atomic E-state index is 14.7. The minimum Gasteiger partial charge on any atom is -0.459 e. The second-order valence-corrected chi connectivity index (χ2v) is 15.0. The molecule has 0 aromatic heterocycles. The van der Waals surface area contributed by atoms with Crippen molar-refractivity contribution in [2.75, 3.05) is 6.61 Å². The number of Topliss-reactive ketones (excluding diaryl/α,β-unsaturated/α-hetero) is 1. The molecule has 14 heteroatoms. The van der Waals surface area contributed by atoms with Crippen LogP contribution in [0.3, 0.4) is 0 Å². The van der Waals surface area contributed by atoms with Crippen molar-refractivity contribution < 1.29 is 67.5 Å². The molecule has 3 saturated carbocycles. The van der Waals surface area contributed by atoms with E-state index >= 15 is 0 Å². The van der Waals surface area contributed by atoms with Gasteiger partial charge in [0.1, 0.15) is 24.6 Å². The first kappa shape index (κ1) is 39.3. The van der Waals surface area contributed by atoms with Crippen LogP contribution in [-0.2, 0) is 47.7 Å². The lowest BCUT2D eigenvalue weighted by Crippen LogP contribution is -2.82. The second kappa shape index (κ2) is 14.5. The quantitative estimate of drug-likeness (QED) is 0.164. The molecule has 10 atom stereocenters. The molecule has 0 amide bonds. The number of aliphatic hydroxyl groups excluding tert-OH is 1. The van der Waals surface area contributed by atoms with E-state index in [4.69, 9.17) is 23.7 Å². The monoisotopic (exact) mass is 736 g/mol. The van der Waals surface area contributed by atoms with Crippen molar-refractivity contribution >= 4 is 41.9 Å². The smallest absolute Gasteiger partial charge is 0.338 e. The predicted octanol–water partition coefficient (Wildman–Crippen LogP) is 2.80. The van der Waals surface area contributed by atoms with Gasteiger partial charge in [0.2, 0.25) is 0 Å². The molecule has 2 aromatic rings. The first-order chi connectivity index (χ1) is 24.9. The lowest BCUT2D eigenvalue weighted by atomic mass is 9.38. The SMILES string of the molecule is CC(=O)O[C@H]1[C@@H](OC(C)=O)C(C)(C)C2C[C@@H](OC(C)=O)[C@@]3(O)C(=O)[C@@](C)(C=O)C[C@@H](OC(=O)c4ccccc4)C3[C@@]2(CO)[C@H]1OC(=O)c1ccccc1.